The van der Waals surface area contributed by atoms with Gasteiger partial charge >= 0.3 is 0 Å². The van der Waals surface area contributed by atoms with Crippen molar-refractivity contribution in [2.45, 2.75) is 27.2 Å². The Morgan fingerprint density at radius 3 is 1.67 bits per heavy atom. The molecule has 0 fully saturated rings. The van der Waals surface area contributed by atoms with Crippen molar-refractivity contribution in [3.05, 3.63) is 0 Å². The zero-order valence-electron chi connectivity index (χ0n) is 6.98. The fraction of sp³-hybridized carbons (Fsp3) is 0.875. The summed E-state index contributed by atoms with van der Waals surface area (Å²) in [6.07, 6.45) is 9.68. The Hall–Kier alpha value is 0.300. The summed E-state index contributed by atoms with van der Waals surface area (Å²) in [4.78, 5) is 0. The van der Waals surface area contributed by atoms with E-state index in [0.29, 0.717) is 0 Å². The molecule has 0 heterocycles. The first-order chi connectivity index (χ1) is 4.18. The smallest absolute Gasteiger partial charge is 0.0335 e. The minimum atomic E-state index is -0.681. The van der Waals surface area contributed by atoms with E-state index in [9.17, 15) is 0 Å². The average molecular weight is 146 g/mol. The average Bonchev–Trinajstić information content (AvgIpc) is 1.89. The zero-order chi connectivity index (χ0) is 7.33. The molecule has 56 valence electrons. The molecule has 0 aliphatic rings. The second-order valence-electron chi connectivity index (χ2n) is 2.70. The van der Waals surface area contributed by atoms with Crippen LogP contribution < -0.4 is 0 Å². The molecule has 0 aromatic rings. The lowest BCUT2D eigenvalue weighted by Gasteiger charge is -2.19. The maximum Gasteiger partial charge on any atom is -0.0335 e. The lowest BCUT2D eigenvalue weighted by Crippen LogP contribution is -1.94. The first kappa shape index (κ1) is 9.30. The molecule has 9 heavy (non-hydrogen) atoms. The van der Waals surface area contributed by atoms with Crippen molar-refractivity contribution in [3.8, 4) is 0 Å². The minimum Gasteiger partial charge on any atom is -0.112 e. The van der Waals surface area contributed by atoms with E-state index >= 15 is 0 Å². The third-order valence-electron chi connectivity index (χ3n) is 2.04. The summed E-state index contributed by atoms with van der Waals surface area (Å²) in [6.45, 7) is 6.13. The van der Waals surface area contributed by atoms with Gasteiger partial charge in [0.2, 0.25) is 0 Å². The molecule has 0 saturated carbocycles. The summed E-state index contributed by atoms with van der Waals surface area (Å²) in [6, 6.07) is 0. The van der Waals surface area contributed by atoms with Crippen molar-refractivity contribution >= 4 is 13.2 Å². The Morgan fingerprint density at radius 1 is 1.11 bits per heavy atom. The Bertz CT molecular complexity index is 97.1. The molecule has 0 aromatic carbocycles. The Balaban J connectivity index is 3.78. The standard InChI is InChI=1S/C8H19P/c1-5-8-9(4,6-2)7-3/h4-8H2,1-3H3. The summed E-state index contributed by atoms with van der Waals surface area (Å²) in [7, 11) is 0. The van der Waals surface area contributed by atoms with Gasteiger partial charge in [0.05, 0.1) is 0 Å². The summed E-state index contributed by atoms with van der Waals surface area (Å²) in [5.41, 5.74) is 0. The summed E-state index contributed by atoms with van der Waals surface area (Å²) >= 11 is 0. The molecule has 0 rings (SSSR count). The molecular formula is C8H19P. The quantitative estimate of drug-likeness (QED) is 0.535. The van der Waals surface area contributed by atoms with Crippen LogP contribution in [0.1, 0.15) is 27.2 Å². The molecule has 0 saturated heterocycles. The maximum absolute atomic E-state index is 4.31. The third kappa shape index (κ3) is 3.11. The highest BCUT2D eigenvalue weighted by Gasteiger charge is 2.05. The van der Waals surface area contributed by atoms with E-state index in [4.69, 9.17) is 0 Å². The molecule has 0 radical (unpaired) electrons. The van der Waals surface area contributed by atoms with Gasteiger partial charge in [0.25, 0.3) is 0 Å². The topological polar surface area (TPSA) is 0 Å². The molecule has 0 atom stereocenters. The third-order valence-corrected chi connectivity index (χ3v) is 6.12. The molecule has 0 bridgehead atoms. The largest absolute Gasteiger partial charge is 0.112 e. The van der Waals surface area contributed by atoms with Crippen molar-refractivity contribution in [2.24, 2.45) is 0 Å². The lowest BCUT2D eigenvalue weighted by atomic mass is 10.6. The molecule has 0 amide bonds. The van der Waals surface area contributed by atoms with Crippen LogP contribution in [0.15, 0.2) is 0 Å². The van der Waals surface area contributed by atoms with Gasteiger partial charge in [0.1, 0.15) is 0 Å². The molecule has 0 aliphatic carbocycles. The van der Waals surface area contributed by atoms with Crippen LogP contribution in [0.25, 0.3) is 0 Å². The van der Waals surface area contributed by atoms with E-state index in [1.807, 2.05) is 0 Å². The highest BCUT2D eigenvalue weighted by Crippen LogP contribution is 2.44. The number of hydrogen-bond acceptors (Lipinski definition) is 0. The fourth-order valence-corrected chi connectivity index (χ4v) is 3.04. The van der Waals surface area contributed by atoms with Crippen LogP contribution in [0.3, 0.4) is 0 Å². The van der Waals surface area contributed by atoms with Crippen molar-refractivity contribution < 1.29 is 0 Å². The van der Waals surface area contributed by atoms with Gasteiger partial charge in [-0.3, -0.25) is 0 Å². The van der Waals surface area contributed by atoms with Crippen molar-refractivity contribution in [3.63, 3.8) is 0 Å². The summed E-state index contributed by atoms with van der Waals surface area (Å²) < 4.78 is 0. The van der Waals surface area contributed by atoms with E-state index in [1.165, 1.54) is 24.9 Å². The lowest BCUT2D eigenvalue weighted by molar-refractivity contribution is 1.08. The zero-order valence-corrected chi connectivity index (χ0v) is 7.88. The second kappa shape index (κ2) is 4.17. The number of hydrogen-bond donors (Lipinski definition) is 0. The van der Waals surface area contributed by atoms with Gasteiger partial charge in [0, 0.05) is 0 Å². The predicted octanol–water partition coefficient (Wildman–Crippen LogP) is 2.89. The van der Waals surface area contributed by atoms with E-state index in [0.717, 1.165) is 0 Å². The van der Waals surface area contributed by atoms with Gasteiger partial charge in [-0.15, -0.1) is 13.2 Å². The first-order valence-corrected chi connectivity index (χ1v) is 6.42. The summed E-state index contributed by atoms with van der Waals surface area (Å²) in [5, 5.41) is 0. The van der Waals surface area contributed by atoms with Crippen LogP contribution in [0, 0.1) is 0 Å². The van der Waals surface area contributed by atoms with Crippen molar-refractivity contribution in [1.82, 2.24) is 0 Å². The molecular weight excluding hydrogens is 127 g/mol. The summed E-state index contributed by atoms with van der Waals surface area (Å²) in [5.74, 6) is 0. The molecule has 0 nitrogen and oxygen atoms in total. The molecule has 0 N–H and O–H groups in total. The van der Waals surface area contributed by atoms with E-state index in [2.05, 4.69) is 27.1 Å². The second-order valence-corrected chi connectivity index (χ2v) is 7.09. The van der Waals surface area contributed by atoms with E-state index < -0.39 is 6.89 Å². The highest BCUT2D eigenvalue weighted by atomic mass is 31.2. The van der Waals surface area contributed by atoms with Crippen LogP contribution in [-0.2, 0) is 0 Å². The Kier molecular flexibility index (Phi) is 4.31. The van der Waals surface area contributed by atoms with Crippen LogP contribution in [0.5, 0.6) is 0 Å². The van der Waals surface area contributed by atoms with E-state index in [-0.39, 0.29) is 0 Å². The normalized spacial score (nSPS) is 11.9. The predicted molar refractivity (Wildman–Crippen MR) is 50.3 cm³/mol. The maximum atomic E-state index is 4.31. The first-order valence-electron chi connectivity index (χ1n) is 3.89. The van der Waals surface area contributed by atoms with Crippen LogP contribution in [-0.4, -0.2) is 24.8 Å². The number of rotatable bonds is 4. The fourth-order valence-electron chi connectivity index (χ4n) is 1.01. The van der Waals surface area contributed by atoms with Gasteiger partial charge in [0.15, 0.2) is 0 Å². The molecule has 1 heteroatoms. The highest BCUT2D eigenvalue weighted by molar-refractivity contribution is 7.73. The molecule has 0 spiro atoms. The van der Waals surface area contributed by atoms with E-state index in [1.54, 1.807) is 0 Å². The van der Waals surface area contributed by atoms with Gasteiger partial charge in [-0.2, -0.15) is 0 Å². The van der Waals surface area contributed by atoms with Crippen LogP contribution >= 0.6 is 6.89 Å². The minimum absolute atomic E-state index is 0.681. The van der Waals surface area contributed by atoms with Gasteiger partial charge in [-0.05, 0) is 18.5 Å². The molecule has 0 unspecified atom stereocenters. The van der Waals surface area contributed by atoms with Crippen molar-refractivity contribution in [2.75, 3.05) is 18.5 Å². The molecule has 0 aromatic heterocycles. The van der Waals surface area contributed by atoms with Crippen LogP contribution in [0.2, 0.25) is 0 Å². The van der Waals surface area contributed by atoms with Gasteiger partial charge < -0.3 is 0 Å². The van der Waals surface area contributed by atoms with Gasteiger partial charge in [-0.25, -0.2) is 0 Å². The SMILES string of the molecule is C=P(CC)(CC)CCC. The molecule has 0 aliphatic heterocycles. The Labute approximate surface area is 59.6 Å². The van der Waals surface area contributed by atoms with Crippen molar-refractivity contribution in [1.29, 1.82) is 0 Å². The monoisotopic (exact) mass is 146 g/mol. The van der Waals surface area contributed by atoms with Crippen LogP contribution in [0.4, 0.5) is 0 Å². The van der Waals surface area contributed by atoms with Gasteiger partial charge in [-0.1, -0.05) is 27.2 Å². The Morgan fingerprint density at radius 2 is 1.56 bits per heavy atom.